The fourth-order valence-corrected chi connectivity index (χ4v) is 5.25. The Labute approximate surface area is 170 Å². The van der Waals surface area contributed by atoms with E-state index < -0.39 is 5.83 Å². The van der Waals surface area contributed by atoms with Gasteiger partial charge in [-0.3, -0.25) is 0 Å². The van der Waals surface area contributed by atoms with Crippen LogP contribution in [0.4, 0.5) is 8.78 Å². The molecule has 0 saturated heterocycles. The number of aromatic hydroxyl groups is 1. The van der Waals surface area contributed by atoms with Gasteiger partial charge in [0.2, 0.25) is 0 Å². The van der Waals surface area contributed by atoms with E-state index in [1.165, 1.54) is 6.07 Å². The van der Waals surface area contributed by atoms with Gasteiger partial charge in [0.1, 0.15) is 17.3 Å². The van der Waals surface area contributed by atoms with Crippen molar-refractivity contribution < 1.29 is 19.0 Å². The first kappa shape index (κ1) is 19.7. The summed E-state index contributed by atoms with van der Waals surface area (Å²) in [6, 6.07) is 12.3. The zero-order valence-corrected chi connectivity index (χ0v) is 16.5. The van der Waals surface area contributed by atoms with Crippen LogP contribution in [0.5, 0.6) is 5.75 Å². The van der Waals surface area contributed by atoms with E-state index in [9.17, 15) is 19.0 Å². The van der Waals surface area contributed by atoms with Crippen LogP contribution in [0.3, 0.4) is 0 Å². The Kier molecular flexibility index (Phi) is 5.44. The number of phenols is 1. The molecule has 0 amide bonds. The molecule has 2 aromatic carbocycles. The van der Waals surface area contributed by atoms with Crippen LogP contribution in [-0.2, 0) is 12.8 Å². The molecule has 0 saturated carbocycles. The zero-order valence-electron chi connectivity index (χ0n) is 16.5. The molecule has 4 atom stereocenters. The number of rotatable bonds is 4. The summed E-state index contributed by atoms with van der Waals surface area (Å²) < 4.78 is 28.6. The van der Waals surface area contributed by atoms with Gasteiger partial charge >= 0.3 is 0 Å². The van der Waals surface area contributed by atoms with E-state index in [1.54, 1.807) is 24.3 Å². The summed E-state index contributed by atoms with van der Waals surface area (Å²) in [7, 11) is 0. The Bertz CT molecular complexity index is 963. The number of halogens is 2. The molecule has 0 radical (unpaired) electrons. The molecule has 4 rings (SSSR count). The zero-order chi connectivity index (χ0) is 20.5. The third-order valence-electron chi connectivity index (χ3n) is 6.66. The van der Waals surface area contributed by atoms with E-state index in [0.717, 1.165) is 24.0 Å². The number of phenolic OH excluding ortho intramolecular Hbond substituents is 1. The first-order valence-electron chi connectivity index (χ1n) is 10.3. The van der Waals surface area contributed by atoms with Crippen molar-refractivity contribution >= 4 is 0 Å². The van der Waals surface area contributed by atoms with E-state index in [0.29, 0.717) is 18.4 Å². The van der Waals surface area contributed by atoms with Crippen LogP contribution < -0.4 is 0 Å². The summed E-state index contributed by atoms with van der Waals surface area (Å²) in [4.78, 5) is 0. The van der Waals surface area contributed by atoms with Crippen molar-refractivity contribution in [2.45, 2.75) is 38.5 Å². The van der Waals surface area contributed by atoms with E-state index in [1.807, 2.05) is 24.3 Å². The lowest BCUT2D eigenvalue weighted by Crippen LogP contribution is -2.35. The molecule has 0 heterocycles. The van der Waals surface area contributed by atoms with Gasteiger partial charge < -0.3 is 10.2 Å². The first-order chi connectivity index (χ1) is 14.0. The van der Waals surface area contributed by atoms with Gasteiger partial charge in [0.05, 0.1) is 0 Å². The topological polar surface area (TPSA) is 40.5 Å². The molecule has 2 aliphatic rings. The average molecular weight is 396 g/mol. The molecule has 0 fully saturated rings. The molecule has 152 valence electrons. The van der Waals surface area contributed by atoms with Crippen LogP contribution in [0.1, 0.15) is 42.4 Å². The second kappa shape index (κ2) is 8.02. The van der Waals surface area contributed by atoms with Crippen molar-refractivity contribution in [1.29, 1.82) is 0 Å². The van der Waals surface area contributed by atoms with Gasteiger partial charge in [0, 0.05) is 0 Å². The van der Waals surface area contributed by atoms with Crippen molar-refractivity contribution in [2.24, 2.45) is 17.8 Å². The smallest absolute Gasteiger partial charge is 0.160 e. The van der Waals surface area contributed by atoms with Crippen LogP contribution in [-0.4, -0.2) is 10.2 Å². The third kappa shape index (κ3) is 3.81. The predicted octanol–water partition coefficient (Wildman–Crippen LogP) is 6.37. The molecular weight excluding hydrogens is 370 g/mol. The number of aliphatic hydroxyl groups excluding tert-OH is 1. The van der Waals surface area contributed by atoms with Crippen molar-refractivity contribution in [3.63, 3.8) is 0 Å². The van der Waals surface area contributed by atoms with E-state index in [2.05, 4.69) is 6.92 Å². The molecule has 0 aliphatic heterocycles. The highest BCUT2D eigenvalue weighted by molar-refractivity contribution is 5.41. The molecule has 2 N–H and O–H groups in total. The lowest BCUT2D eigenvalue weighted by Gasteiger charge is -2.43. The highest BCUT2D eigenvalue weighted by atomic mass is 19.1. The van der Waals surface area contributed by atoms with Crippen molar-refractivity contribution in [3.8, 4) is 5.75 Å². The highest BCUT2D eigenvalue weighted by Crippen LogP contribution is 2.48. The van der Waals surface area contributed by atoms with Crippen LogP contribution in [0.25, 0.3) is 0 Å². The molecule has 2 nitrogen and oxygen atoms in total. The molecular formula is C25H26F2O2. The molecule has 0 bridgehead atoms. The fraction of sp³-hybridized carbons (Fsp3) is 0.360. The summed E-state index contributed by atoms with van der Waals surface area (Å²) in [6.07, 6.45) is 5.91. The maximum atomic E-state index is 14.4. The van der Waals surface area contributed by atoms with E-state index >= 15 is 0 Å². The summed E-state index contributed by atoms with van der Waals surface area (Å²) in [5, 5.41) is 19.7. The van der Waals surface area contributed by atoms with Crippen molar-refractivity contribution in [2.75, 3.05) is 0 Å². The van der Waals surface area contributed by atoms with Crippen LogP contribution >= 0.6 is 0 Å². The first-order valence-corrected chi connectivity index (χ1v) is 10.3. The fourth-order valence-electron chi connectivity index (χ4n) is 5.25. The number of aliphatic hydroxyl groups is 1. The Morgan fingerprint density at radius 1 is 1.07 bits per heavy atom. The Morgan fingerprint density at radius 3 is 2.59 bits per heavy atom. The number of benzene rings is 2. The monoisotopic (exact) mass is 396 g/mol. The lowest BCUT2D eigenvalue weighted by atomic mass is 9.61. The van der Waals surface area contributed by atoms with Gasteiger partial charge in [-0.05, 0) is 90.0 Å². The summed E-state index contributed by atoms with van der Waals surface area (Å²) in [5.41, 5.74) is 2.86. The van der Waals surface area contributed by atoms with Gasteiger partial charge in [-0.1, -0.05) is 37.6 Å². The molecule has 29 heavy (non-hydrogen) atoms. The standard InChI is InChI=1S/C25H26F2O2/c1-2-19-20(16-8-10-25(29)24(27)13-16)11-15-7-9-18(28)14-21(15)22(19)12-17-5-3-4-6-23(17)26/h3-7,9-10,13-14,16,19-20,22,28-29H,2,8,11-12H2,1H3/t16?,19-,20+,22-/m1/s1. The Hall–Kier alpha value is -2.62. The molecule has 4 heteroatoms. The average Bonchev–Trinajstić information content (AvgIpc) is 2.71. The van der Waals surface area contributed by atoms with Crippen LogP contribution in [0, 0.1) is 23.6 Å². The molecule has 1 unspecified atom stereocenters. The second-order valence-electron chi connectivity index (χ2n) is 8.23. The minimum Gasteiger partial charge on any atom is -0.508 e. The van der Waals surface area contributed by atoms with Gasteiger partial charge in [-0.25, -0.2) is 8.78 Å². The third-order valence-corrected chi connectivity index (χ3v) is 6.66. The Morgan fingerprint density at radius 2 is 1.86 bits per heavy atom. The quantitative estimate of drug-likeness (QED) is 0.630. The Balaban J connectivity index is 1.75. The maximum Gasteiger partial charge on any atom is 0.160 e. The van der Waals surface area contributed by atoms with Crippen LogP contribution in [0.15, 0.2) is 66.2 Å². The van der Waals surface area contributed by atoms with Gasteiger partial charge in [0.25, 0.3) is 0 Å². The predicted molar refractivity (Wildman–Crippen MR) is 110 cm³/mol. The SMILES string of the molecule is CC[C@H]1[C@@H](Cc2ccccc2F)c2cc(O)ccc2C[C@H]1C1C=C(F)C(O)=CC1. The highest BCUT2D eigenvalue weighted by Gasteiger charge is 2.40. The van der Waals surface area contributed by atoms with Gasteiger partial charge in [-0.15, -0.1) is 0 Å². The van der Waals surface area contributed by atoms with Gasteiger partial charge in [-0.2, -0.15) is 0 Å². The molecule has 0 aromatic heterocycles. The summed E-state index contributed by atoms with van der Waals surface area (Å²) in [6.45, 7) is 2.12. The normalized spacial score (nSPS) is 26.4. The van der Waals surface area contributed by atoms with E-state index in [4.69, 9.17) is 0 Å². The van der Waals surface area contributed by atoms with Gasteiger partial charge in [0.15, 0.2) is 5.83 Å². The summed E-state index contributed by atoms with van der Waals surface area (Å²) >= 11 is 0. The largest absolute Gasteiger partial charge is 0.508 e. The molecule has 0 spiro atoms. The van der Waals surface area contributed by atoms with Crippen molar-refractivity contribution in [3.05, 3.63) is 88.7 Å². The lowest BCUT2D eigenvalue weighted by molar-refractivity contribution is 0.190. The summed E-state index contributed by atoms with van der Waals surface area (Å²) in [5.74, 6) is -0.420. The van der Waals surface area contributed by atoms with Crippen LogP contribution in [0.2, 0.25) is 0 Å². The van der Waals surface area contributed by atoms with E-state index in [-0.39, 0.29) is 41.0 Å². The number of allylic oxidation sites excluding steroid dienone is 3. The minimum atomic E-state index is -0.557. The van der Waals surface area contributed by atoms with Crippen molar-refractivity contribution in [1.82, 2.24) is 0 Å². The number of hydrogen-bond acceptors (Lipinski definition) is 2. The number of fused-ring (bicyclic) bond motifs is 1. The molecule has 2 aromatic rings. The number of hydrogen-bond donors (Lipinski definition) is 2. The maximum absolute atomic E-state index is 14.4. The second-order valence-corrected chi connectivity index (χ2v) is 8.23. The minimum absolute atomic E-state index is 0.0130. The molecule has 2 aliphatic carbocycles.